The van der Waals surface area contributed by atoms with Crippen molar-refractivity contribution in [3.8, 4) is 11.4 Å². The van der Waals surface area contributed by atoms with Gasteiger partial charge in [-0.1, -0.05) is 36.2 Å². The Bertz CT molecular complexity index is 917. The van der Waals surface area contributed by atoms with E-state index in [-0.39, 0.29) is 17.8 Å². The van der Waals surface area contributed by atoms with Crippen LogP contribution in [0.3, 0.4) is 0 Å². The van der Waals surface area contributed by atoms with Crippen molar-refractivity contribution >= 4 is 11.9 Å². The van der Waals surface area contributed by atoms with Crippen LogP contribution >= 0.6 is 0 Å². The molecular formula is C24H31N3O3. The zero-order valence-corrected chi connectivity index (χ0v) is 18.0. The number of esters is 1. The number of carbonyl (C=O) groups excluding carboxylic acids is 2. The number of carbonyl (C=O) groups is 2. The number of aryl methyl sites for hydroxylation is 1. The van der Waals surface area contributed by atoms with E-state index in [1.807, 2.05) is 6.92 Å². The number of ether oxygens (including phenoxy) is 1. The van der Waals surface area contributed by atoms with Gasteiger partial charge in [-0.2, -0.15) is 0 Å². The number of imidazole rings is 1. The number of fused-ring (bicyclic) bond motifs is 1. The third-order valence-corrected chi connectivity index (χ3v) is 6.21. The summed E-state index contributed by atoms with van der Waals surface area (Å²) in [5.74, 6) is 0.404. The number of nitrogens with zero attached hydrogens (tertiary/aromatic N) is 3. The average molecular weight is 410 g/mol. The summed E-state index contributed by atoms with van der Waals surface area (Å²) in [6.45, 7) is 6.24. The number of benzene rings is 1. The second-order valence-electron chi connectivity index (χ2n) is 8.40. The van der Waals surface area contributed by atoms with E-state index in [0.29, 0.717) is 25.4 Å². The first kappa shape index (κ1) is 20.6. The molecule has 160 valence electrons. The number of piperidine rings is 1. The van der Waals surface area contributed by atoms with E-state index in [0.717, 1.165) is 62.2 Å². The number of hydrogen-bond acceptors (Lipinski definition) is 4. The van der Waals surface area contributed by atoms with Crippen molar-refractivity contribution in [1.29, 1.82) is 0 Å². The van der Waals surface area contributed by atoms with Crippen LogP contribution in [0.4, 0.5) is 0 Å². The Morgan fingerprint density at radius 1 is 1.10 bits per heavy atom. The molecule has 2 aliphatic rings. The van der Waals surface area contributed by atoms with Gasteiger partial charge in [-0.15, -0.1) is 0 Å². The Balaban J connectivity index is 1.65. The lowest BCUT2D eigenvalue weighted by molar-refractivity contribution is -0.149. The standard InChI is InChI=1S/C24H31N3O3/c1-3-30-24(29)19-8-7-14-26(16-19)23(28)21-20-9-5-4-6-15-27(20)22(25-21)18-12-10-17(2)11-13-18/h10-13,19H,3-9,14-16H2,1-2H3/t19-/m0/s1. The molecular weight excluding hydrogens is 378 g/mol. The van der Waals surface area contributed by atoms with Gasteiger partial charge in [-0.05, 0) is 46.0 Å². The molecule has 6 nitrogen and oxygen atoms in total. The third kappa shape index (κ3) is 4.13. The zero-order valence-electron chi connectivity index (χ0n) is 18.0. The van der Waals surface area contributed by atoms with E-state index in [4.69, 9.17) is 9.72 Å². The maximum absolute atomic E-state index is 13.5. The Labute approximate surface area is 178 Å². The summed E-state index contributed by atoms with van der Waals surface area (Å²) in [6.07, 6.45) is 5.80. The summed E-state index contributed by atoms with van der Waals surface area (Å²) in [7, 11) is 0. The number of aromatic nitrogens is 2. The lowest BCUT2D eigenvalue weighted by atomic mass is 9.97. The minimum Gasteiger partial charge on any atom is -0.466 e. The molecule has 0 radical (unpaired) electrons. The summed E-state index contributed by atoms with van der Waals surface area (Å²) in [5, 5.41) is 0. The summed E-state index contributed by atoms with van der Waals surface area (Å²) in [4.78, 5) is 32.4. The fourth-order valence-electron chi connectivity index (χ4n) is 4.58. The Hall–Kier alpha value is -2.63. The van der Waals surface area contributed by atoms with Crippen molar-refractivity contribution in [3.05, 3.63) is 41.2 Å². The third-order valence-electron chi connectivity index (χ3n) is 6.21. The normalized spacial score (nSPS) is 19.1. The van der Waals surface area contributed by atoms with Crippen LogP contribution in [0.15, 0.2) is 24.3 Å². The summed E-state index contributed by atoms with van der Waals surface area (Å²) >= 11 is 0. The van der Waals surface area contributed by atoms with Crippen molar-refractivity contribution in [3.63, 3.8) is 0 Å². The average Bonchev–Trinajstić information content (AvgIpc) is 2.95. The van der Waals surface area contributed by atoms with Crippen LogP contribution in [-0.2, 0) is 22.5 Å². The second-order valence-corrected chi connectivity index (χ2v) is 8.40. The van der Waals surface area contributed by atoms with Gasteiger partial charge in [-0.25, -0.2) is 4.98 Å². The van der Waals surface area contributed by atoms with E-state index < -0.39 is 0 Å². The van der Waals surface area contributed by atoms with Gasteiger partial charge in [0.25, 0.3) is 5.91 Å². The van der Waals surface area contributed by atoms with Crippen molar-refractivity contribution in [2.24, 2.45) is 5.92 Å². The molecule has 1 amide bonds. The monoisotopic (exact) mass is 409 g/mol. The van der Waals surface area contributed by atoms with Gasteiger partial charge in [-0.3, -0.25) is 9.59 Å². The van der Waals surface area contributed by atoms with Crippen molar-refractivity contribution in [2.75, 3.05) is 19.7 Å². The van der Waals surface area contributed by atoms with E-state index >= 15 is 0 Å². The van der Waals surface area contributed by atoms with Gasteiger partial charge in [0.05, 0.1) is 18.2 Å². The lowest BCUT2D eigenvalue weighted by Crippen LogP contribution is -2.43. The van der Waals surface area contributed by atoms with E-state index in [9.17, 15) is 9.59 Å². The first-order valence-electron chi connectivity index (χ1n) is 11.2. The molecule has 1 fully saturated rings. The van der Waals surface area contributed by atoms with Gasteiger partial charge in [0.2, 0.25) is 0 Å². The molecule has 2 aliphatic heterocycles. The van der Waals surface area contributed by atoms with Crippen LogP contribution in [0.2, 0.25) is 0 Å². The molecule has 6 heteroatoms. The van der Waals surface area contributed by atoms with Crippen LogP contribution in [-0.4, -0.2) is 46.0 Å². The minimum atomic E-state index is -0.236. The largest absolute Gasteiger partial charge is 0.466 e. The van der Waals surface area contributed by atoms with Gasteiger partial charge in [0.15, 0.2) is 0 Å². The van der Waals surface area contributed by atoms with Gasteiger partial charge >= 0.3 is 5.97 Å². The quantitative estimate of drug-likeness (QED) is 0.716. The molecule has 0 unspecified atom stereocenters. The van der Waals surface area contributed by atoms with Gasteiger partial charge < -0.3 is 14.2 Å². The van der Waals surface area contributed by atoms with Gasteiger partial charge in [0, 0.05) is 25.2 Å². The van der Waals surface area contributed by atoms with E-state index in [2.05, 4.69) is 35.8 Å². The Morgan fingerprint density at radius 3 is 2.67 bits per heavy atom. The molecule has 0 N–H and O–H groups in total. The topological polar surface area (TPSA) is 64.4 Å². The van der Waals surface area contributed by atoms with Crippen LogP contribution < -0.4 is 0 Å². The van der Waals surface area contributed by atoms with Crippen LogP contribution in [0.1, 0.15) is 60.8 Å². The summed E-state index contributed by atoms with van der Waals surface area (Å²) in [5.41, 5.74) is 3.87. The molecule has 0 bridgehead atoms. The van der Waals surface area contributed by atoms with Crippen LogP contribution in [0.5, 0.6) is 0 Å². The van der Waals surface area contributed by atoms with Crippen molar-refractivity contribution in [1.82, 2.24) is 14.5 Å². The number of hydrogen-bond donors (Lipinski definition) is 0. The highest BCUT2D eigenvalue weighted by atomic mass is 16.5. The predicted octanol–water partition coefficient (Wildman–Crippen LogP) is 4.00. The summed E-state index contributed by atoms with van der Waals surface area (Å²) in [6, 6.07) is 8.34. The molecule has 0 saturated carbocycles. The number of amides is 1. The highest BCUT2D eigenvalue weighted by molar-refractivity contribution is 5.94. The molecule has 0 spiro atoms. The number of likely N-dealkylation sites (tertiary alicyclic amines) is 1. The SMILES string of the molecule is CCOC(=O)[C@H]1CCCN(C(=O)c2nc(-c3ccc(C)cc3)n3c2CCCCC3)C1. The highest BCUT2D eigenvalue weighted by Crippen LogP contribution is 2.29. The molecule has 1 aromatic heterocycles. The predicted molar refractivity (Wildman–Crippen MR) is 115 cm³/mol. The first-order chi connectivity index (χ1) is 14.6. The number of rotatable bonds is 4. The second kappa shape index (κ2) is 9.02. The molecule has 0 aliphatic carbocycles. The van der Waals surface area contributed by atoms with Crippen molar-refractivity contribution in [2.45, 2.75) is 58.9 Å². The Kier molecular flexibility index (Phi) is 6.21. The van der Waals surface area contributed by atoms with E-state index in [1.54, 1.807) is 4.90 Å². The highest BCUT2D eigenvalue weighted by Gasteiger charge is 2.33. The molecule has 1 aromatic carbocycles. The van der Waals surface area contributed by atoms with Crippen molar-refractivity contribution < 1.29 is 14.3 Å². The first-order valence-corrected chi connectivity index (χ1v) is 11.2. The van der Waals surface area contributed by atoms with Crippen LogP contribution in [0, 0.1) is 12.8 Å². The molecule has 1 atom stereocenters. The Morgan fingerprint density at radius 2 is 1.90 bits per heavy atom. The lowest BCUT2D eigenvalue weighted by Gasteiger charge is -2.31. The summed E-state index contributed by atoms with van der Waals surface area (Å²) < 4.78 is 7.44. The molecule has 30 heavy (non-hydrogen) atoms. The fraction of sp³-hybridized carbons (Fsp3) is 0.542. The molecule has 4 rings (SSSR count). The molecule has 3 heterocycles. The maximum atomic E-state index is 13.5. The van der Waals surface area contributed by atoms with Crippen LogP contribution in [0.25, 0.3) is 11.4 Å². The fourth-order valence-corrected chi connectivity index (χ4v) is 4.58. The smallest absolute Gasteiger partial charge is 0.310 e. The molecule has 2 aromatic rings. The van der Waals surface area contributed by atoms with Gasteiger partial charge in [0.1, 0.15) is 11.5 Å². The minimum absolute atomic E-state index is 0.0481. The van der Waals surface area contributed by atoms with E-state index in [1.165, 1.54) is 5.56 Å². The molecule has 1 saturated heterocycles. The zero-order chi connectivity index (χ0) is 21.1. The maximum Gasteiger partial charge on any atom is 0.310 e.